The fraction of sp³-hybridized carbons (Fsp3) is 0.417. The number of nitro benzene ring substituents is 1. The van der Waals surface area contributed by atoms with Gasteiger partial charge in [0, 0.05) is 6.07 Å². The minimum Gasteiger partial charge on any atom is -0.487 e. The minimum absolute atomic E-state index is 0.155. The molecule has 18 heavy (non-hydrogen) atoms. The fourth-order valence-electron chi connectivity index (χ4n) is 1.34. The molecule has 0 amide bonds. The second-order valence-corrected chi connectivity index (χ2v) is 4.84. The molecule has 0 bridgehead atoms. The van der Waals surface area contributed by atoms with Gasteiger partial charge in [0.2, 0.25) is 0 Å². The molecule has 6 heteroatoms. The number of thioether (sulfide) groups is 1. The molecular formula is C12H14N2O3S. The van der Waals surface area contributed by atoms with E-state index in [-0.39, 0.29) is 17.0 Å². The van der Waals surface area contributed by atoms with Gasteiger partial charge in [0.15, 0.2) is 5.75 Å². The van der Waals surface area contributed by atoms with Crippen LogP contribution in [-0.2, 0) is 0 Å². The summed E-state index contributed by atoms with van der Waals surface area (Å²) in [4.78, 5) is 10.3. The predicted octanol–water partition coefficient (Wildman–Crippen LogP) is 2.99. The maximum absolute atomic E-state index is 10.8. The molecule has 0 aliphatic heterocycles. The Hall–Kier alpha value is -1.74. The molecule has 0 heterocycles. The van der Waals surface area contributed by atoms with Crippen molar-refractivity contribution in [3.63, 3.8) is 0 Å². The molecule has 0 fully saturated rings. The topological polar surface area (TPSA) is 76.2 Å². The fourth-order valence-corrected chi connectivity index (χ4v) is 1.95. The minimum atomic E-state index is -0.531. The Balaban J connectivity index is 2.65. The molecule has 96 valence electrons. The molecule has 0 aliphatic rings. The van der Waals surface area contributed by atoms with Crippen LogP contribution in [0.25, 0.3) is 0 Å². The van der Waals surface area contributed by atoms with Crippen LogP contribution in [0.4, 0.5) is 5.69 Å². The summed E-state index contributed by atoms with van der Waals surface area (Å²) in [5.74, 6) is 2.25. The van der Waals surface area contributed by atoms with E-state index in [9.17, 15) is 10.1 Å². The number of hydrogen-bond acceptors (Lipinski definition) is 5. The third-order valence-electron chi connectivity index (χ3n) is 2.18. The van der Waals surface area contributed by atoms with Crippen LogP contribution < -0.4 is 4.74 Å². The molecule has 0 spiro atoms. The summed E-state index contributed by atoms with van der Waals surface area (Å²) in [7, 11) is 0. The summed E-state index contributed by atoms with van der Waals surface area (Å²) in [6.07, 6.45) is 0.843. The lowest BCUT2D eigenvalue weighted by atomic mass is 10.2. The maximum Gasteiger partial charge on any atom is 0.312 e. The van der Waals surface area contributed by atoms with E-state index in [1.54, 1.807) is 11.8 Å². The zero-order valence-electron chi connectivity index (χ0n) is 10.1. The second-order valence-electron chi connectivity index (χ2n) is 3.45. The SMILES string of the molecule is CCSCCCOc1ccc(C#N)cc1[N+](=O)[O-]. The molecule has 0 saturated carbocycles. The third-order valence-corrected chi connectivity index (χ3v) is 3.17. The van der Waals surface area contributed by atoms with Crippen molar-refractivity contribution in [3.05, 3.63) is 33.9 Å². The molecule has 0 aromatic heterocycles. The van der Waals surface area contributed by atoms with Gasteiger partial charge in [-0.15, -0.1) is 0 Å². The standard InChI is InChI=1S/C12H14N2O3S/c1-2-18-7-3-6-17-12-5-4-10(9-13)8-11(12)14(15)16/h4-5,8H,2-3,6-7H2,1H3. The van der Waals surface area contributed by atoms with Crippen molar-refractivity contribution in [3.8, 4) is 11.8 Å². The Bertz CT molecular complexity index is 457. The van der Waals surface area contributed by atoms with Gasteiger partial charge in [-0.2, -0.15) is 17.0 Å². The summed E-state index contributed by atoms with van der Waals surface area (Å²) < 4.78 is 5.38. The normalized spacial score (nSPS) is 9.78. The Labute approximate surface area is 110 Å². The third kappa shape index (κ3) is 4.26. The predicted molar refractivity (Wildman–Crippen MR) is 70.9 cm³/mol. The zero-order chi connectivity index (χ0) is 13.4. The molecule has 0 atom stereocenters. The first-order chi connectivity index (χ1) is 8.69. The number of ether oxygens (including phenoxy) is 1. The number of rotatable bonds is 7. The summed E-state index contributed by atoms with van der Waals surface area (Å²) in [6, 6.07) is 6.10. The number of benzene rings is 1. The van der Waals surface area contributed by atoms with Crippen molar-refractivity contribution in [2.45, 2.75) is 13.3 Å². The first-order valence-electron chi connectivity index (χ1n) is 5.58. The number of hydrogen-bond donors (Lipinski definition) is 0. The summed E-state index contributed by atoms with van der Waals surface area (Å²) >= 11 is 1.80. The molecule has 0 aliphatic carbocycles. The van der Waals surface area contributed by atoms with E-state index in [0.29, 0.717) is 6.61 Å². The molecule has 0 N–H and O–H groups in total. The quantitative estimate of drug-likeness (QED) is 0.431. The molecule has 5 nitrogen and oxygen atoms in total. The maximum atomic E-state index is 10.8. The van der Waals surface area contributed by atoms with Gasteiger partial charge in [-0.25, -0.2) is 0 Å². The van der Waals surface area contributed by atoms with E-state index < -0.39 is 4.92 Å². The van der Waals surface area contributed by atoms with Crippen LogP contribution in [0.5, 0.6) is 5.75 Å². The first kappa shape index (κ1) is 14.3. The average Bonchev–Trinajstić information content (AvgIpc) is 2.38. The summed E-state index contributed by atoms with van der Waals surface area (Å²) in [5, 5.41) is 19.5. The van der Waals surface area contributed by atoms with Crippen LogP contribution in [-0.4, -0.2) is 23.0 Å². The highest BCUT2D eigenvalue weighted by Gasteiger charge is 2.15. The molecular weight excluding hydrogens is 252 g/mol. The first-order valence-corrected chi connectivity index (χ1v) is 6.73. The van der Waals surface area contributed by atoms with Crippen LogP contribution in [0.3, 0.4) is 0 Å². The lowest BCUT2D eigenvalue weighted by Gasteiger charge is -2.06. The number of nitrogens with zero attached hydrogens (tertiary/aromatic N) is 2. The van der Waals surface area contributed by atoms with E-state index >= 15 is 0 Å². The zero-order valence-corrected chi connectivity index (χ0v) is 10.9. The van der Waals surface area contributed by atoms with Gasteiger partial charge in [-0.1, -0.05) is 6.92 Å². The molecule has 1 aromatic carbocycles. The second kappa shape index (κ2) is 7.56. The van der Waals surface area contributed by atoms with Gasteiger partial charge >= 0.3 is 5.69 Å². The summed E-state index contributed by atoms with van der Waals surface area (Å²) in [6.45, 7) is 2.52. The lowest BCUT2D eigenvalue weighted by molar-refractivity contribution is -0.385. The van der Waals surface area contributed by atoms with Gasteiger partial charge in [0.25, 0.3) is 0 Å². The molecule has 0 saturated heterocycles. The lowest BCUT2D eigenvalue weighted by Crippen LogP contribution is -2.02. The van der Waals surface area contributed by atoms with E-state index in [1.165, 1.54) is 18.2 Å². The van der Waals surface area contributed by atoms with Crippen molar-refractivity contribution >= 4 is 17.4 Å². The van der Waals surface area contributed by atoms with Gasteiger partial charge in [0.05, 0.1) is 23.2 Å². The van der Waals surface area contributed by atoms with Crippen molar-refractivity contribution < 1.29 is 9.66 Å². The molecule has 0 unspecified atom stereocenters. The molecule has 1 rings (SSSR count). The van der Waals surface area contributed by atoms with Crippen LogP contribution >= 0.6 is 11.8 Å². The van der Waals surface area contributed by atoms with Gasteiger partial charge in [0.1, 0.15) is 0 Å². The highest BCUT2D eigenvalue weighted by Crippen LogP contribution is 2.27. The van der Waals surface area contributed by atoms with Crippen molar-refractivity contribution in [1.29, 1.82) is 5.26 Å². The Morgan fingerprint density at radius 2 is 2.33 bits per heavy atom. The van der Waals surface area contributed by atoms with Gasteiger partial charge < -0.3 is 4.74 Å². The van der Waals surface area contributed by atoms with Crippen LogP contribution in [0, 0.1) is 21.4 Å². The largest absolute Gasteiger partial charge is 0.487 e. The Kier molecular flexibility index (Phi) is 6.01. The van der Waals surface area contributed by atoms with Crippen LogP contribution in [0.2, 0.25) is 0 Å². The van der Waals surface area contributed by atoms with E-state index in [0.717, 1.165) is 17.9 Å². The van der Waals surface area contributed by atoms with Crippen molar-refractivity contribution in [2.24, 2.45) is 0 Å². The summed E-state index contributed by atoms with van der Waals surface area (Å²) in [5.41, 5.74) is 0.104. The van der Waals surface area contributed by atoms with Gasteiger partial charge in [-0.3, -0.25) is 10.1 Å². The van der Waals surface area contributed by atoms with Crippen LogP contribution in [0.1, 0.15) is 18.9 Å². The smallest absolute Gasteiger partial charge is 0.312 e. The number of nitriles is 1. The van der Waals surface area contributed by atoms with Gasteiger partial charge in [-0.05, 0) is 30.1 Å². The molecule has 0 radical (unpaired) electrons. The number of nitro groups is 1. The Morgan fingerprint density at radius 3 is 2.94 bits per heavy atom. The van der Waals surface area contributed by atoms with E-state index in [4.69, 9.17) is 10.00 Å². The van der Waals surface area contributed by atoms with Crippen molar-refractivity contribution in [1.82, 2.24) is 0 Å². The highest BCUT2D eigenvalue weighted by molar-refractivity contribution is 7.99. The molecule has 1 aromatic rings. The van der Waals surface area contributed by atoms with E-state index in [1.807, 2.05) is 6.07 Å². The average molecular weight is 266 g/mol. The van der Waals surface area contributed by atoms with Crippen molar-refractivity contribution in [2.75, 3.05) is 18.1 Å². The highest BCUT2D eigenvalue weighted by atomic mass is 32.2. The van der Waals surface area contributed by atoms with Crippen LogP contribution in [0.15, 0.2) is 18.2 Å². The van der Waals surface area contributed by atoms with E-state index in [2.05, 4.69) is 6.92 Å². The Morgan fingerprint density at radius 1 is 1.56 bits per heavy atom. The monoisotopic (exact) mass is 266 g/mol.